The van der Waals surface area contributed by atoms with E-state index in [-0.39, 0.29) is 17.8 Å². The van der Waals surface area contributed by atoms with Crippen molar-refractivity contribution in [2.24, 2.45) is 17.8 Å². The Labute approximate surface area is 124 Å². The van der Waals surface area contributed by atoms with Gasteiger partial charge in [-0.2, -0.15) is 0 Å². The van der Waals surface area contributed by atoms with Gasteiger partial charge < -0.3 is 10.1 Å². The molecule has 3 unspecified atom stereocenters. The van der Waals surface area contributed by atoms with E-state index in [2.05, 4.69) is 17.5 Å². The highest BCUT2D eigenvalue weighted by molar-refractivity contribution is 5.89. The number of carbonyl (C=O) groups is 2. The molecule has 3 rings (SSSR count). The molecule has 1 fully saturated rings. The molecule has 4 nitrogen and oxygen atoms in total. The number of hydrogen-bond donors (Lipinski definition) is 1. The van der Waals surface area contributed by atoms with Crippen LogP contribution in [0.5, 0.6) is 0 Å². The first-order valence-electron chi connectivity index (χ1n) is 7.30. The Kier molecular flexibility index (Phi) is 3.78. The molecule has 0 radical (unpaired) electrons. The van der Waals surface area contributed by atoms with E-state index in [9.17, 15) is 9.59 Å². The van der Waals surface area contributed by atoms with Crippen LogP contribution in [0.25, 0.3) is 0 Å². The van der Waals surface area contributed by atoms with Crippen LogP contribution in [-0.2, 0) is 16.1 Å². The lowest BCUT2D eigenvalue weighted by molar-refractivity contribution is -0.125. The molecule has 0 aliphatic heterocycles. The molecule has 1 amide bonds. The third-order valence-corrected chi connectivity index (χ3v) is 4.43. The highest BCUT2D eigenvalue weighted by Gasteiger charge is 2.39. The summed E-state index contributed by atoms with van der Waals surface area (Å²) in [4.78, 5) is 23.7. The Morgan fingerprint density at radius 2 is 2.14 bits per heavy atom. The lowest BCUT2D eigenvalue weighted by Crippen LogP contribution is -2.32. The van der Waals surface area contributed by atoms with Gasteiger partial charge in [0.15, 0.2) is 0 Å². The Balaban J connectivity index is 1.59. The third-order valence-electron chi connectivity index (χ3n) is 4.43. The monoisotopic (exact) mass is 285 g/mol. The maximum absolute atomic E-state index is 12.2. The van der Waals surface area contributed by atoms with Crippen LogP contribution in [-0.4, -0.2) is 19.0 Å². The molecule has 110 valence electrons. The zero-order valence-corrected chi connectivity index (χ0v) is 12.0. The molecule has 1 saturated carbocycles. The van der Waals surface area contributed by atoms with Crippen molar-refractivity contribution in [3.63, 3.8) is 0 Å². The van der Waals surface area contributed by atoms with Gasteiger partial charge in [0.1, 0.15) is 0 Å². The minimum absolute atomic E-state index is 0.115. The first kappa shape index (κ1) is 13.9. The fourth-order valence-corrected chi connectivity index (χ4v) is 3.33. The van der Waals surface area contributed by atoms with Crippen molar-refractivity contribution in [3.8, 4) is 0 Å². The number of allylic oxidation sites excluding steroid dienone is 2. The topological polar surface area (TPSA) is 55.4 Å². The van der Waals surface area contributed by atoms with E-state index in [1.54, 1.807) is 18.2 Å². The van der Waals surface area contributed by atoms with Crippen LogP contribution < -0.4 is 5.32 Å². The van der Waals surface area contributed by atoms with Gasteiger partial charge in [-0.05, 0) is 42.4 Å². The van der Waals surface area contributed by atoms with Crippen LogP contribution in [0, 0.1) is 17.8 Å². The lowest BCUT2D eigenvalue weighted by atomic mass is 9.93. The lowest BCUT2D eigenvalue weighted by Gasteiger charge is -2.17. The Morgan fingerprint density at radius 1 is 1.29 bits per heavy atom. The Bertz CT molecular complexity index is 593. The number of rotatable bonds is 4. The second-order valence-corrected chi connectivity index (χ2v) is 5.80. The zero-order chi connectivity index (χ0) is 14.8. The Hall–Kier alpha value is -2.10. The van der Waals surface area contributed by atoms with Gasteiger partial charge >= 0.3 is 5.97 Å². The fraction of sp³-hybridized carbons (Fsp3) is 0.412. The number of esters is 1. The van der Waals surface area contributed by atoms with Crippen LogP contribution in [0.4, 0.5) is 0 Å². The van der Waals surface area contributed by atoms with Crippen LogP contribution in [0.3, 0.4) is 0 Å². The number of nitrogens with one attached hydrogen (secondary N) is 1. The third kappa shape index (κ3) is 2.84. The number of benzene rings is 1. The summed E-state index contributed by atoms with van der Waals surface area (Å²) in [5.74, 6) is 0.880. The first-order valence-corrected chi connectivity index (χ1v) is 7.30. The first-order chi connectivity index (χ1) is 10.2. The molecule has 2 aliphatic carbocycles. The number of carbonyl (C=O) groups excluding carboxylic acids is 2. The van der Waals surface area contributed by atoms with E-state index in [1.807, 2.05) is 6.07 Å². The SMILES string of the molecule is COC(=O)c1cccc(CNC(=O)C2CC3C=CC2C3)c1. The molecule has 0 spiro atoms. The number of fused-ring (bicyclic) bond motifs is 2. The molecule has 3 atom stereocenters. The number of methoxy groups -OCH3 is 1. The molecule has 1 aromatic carbocycles. The van der Waals surface area contributed by atoms with E-state index >= 15 is 0 Å². The van der Waals surface area contributed by atoms with Crippen molar-refractivity contribution in [1.29, 1.82) is 0 Å². The molecule has 0 heterocycles. The molecule has 1 aromatic rings. The number of amides is 1. The van der Waals surface area contributed by atoms with E-state index in [4.69, 9.17) is 4.74 Å². The minimum atomic E-state index is -0.360. The number of ether oxygens (including phenoxy) is 1. The van der Waals surface area contributed by atoms with Crippen molar-refractivity contribution in [2.45, 2.75) is 19.4 Å². The van der Waals surface area contributed by atoms with E-state index in [0.717, 1.165) is 18.4 Å². The quantitative estimate of drug-likeness (QED) is 0.682. The molecule has 0 aromatic heterocycles. The second-order valence-electron chi connectivity index (χ2n) is 5.80. The molecule has 4 heteroatoms. The summed E-state index contributed by atoms with van der Waals surface area (Å²) in [6.07, 6.45) is 6.50. The predicted octanol–water partition coefficient (Wildman–Crippen LogP) is 2.30. The summed E-state index contributed by atoms with van der Waals surface area (Å²) in [7, 11) is 1.36. The summed E-state index contributed by atoms with van der Waals surface area (Å²) in [5.41, 5.74) is 1.41. The summed E-state index contributed by atoms with van der Waals surface area (Å²) in [5, 5.41) is 2.98. The molecule has 1 N–H and O–H groups in total. The molecule has 21 heavy (non-hydrogen) atoms. The maximum atomic E-state index is 12.2. The van der Waals surface area contributed by atoms with Gasteiger partial charge in [0.25, 0.3) is 0 Å². The van der Waals surface area contributed by atoms with Crippen LogP contribution in [0.1, 0.15) is 28.8 Å². The molecule has 2 aliphatic rings. The molecular formula is C17H19NO3. The van der Waals surface area contributed by atoms with Crippen molar-refractivity contribution in [2.75, 3.05) is 7.11 Å². The van der Waals surface area contributed by atoms with Crippen molar-refractivity contribution >= 4 is 11.9 Å². The largest absolute Gasteiger partial charge is 0.465 e. The highest BCUT2D eigenvalue weighted by atomic mass is 16.5. The van der Waals surface area contributed by atoms with Gasteiger partial charge in [0, 0.05) is 12.5 Å². The van der Waals surface area contributed by atoms with Gasteiger partial charge in [-0.1, -0.05) is 24.3 Å². The van der Waals surface area contributed by atoms with Crippen molar-refractivity contribution < 1.29 is 14.3 Å². The molecule has 2 bridgehead atoms. The maximum Gasteiger partial charge on any atom is 0.337 e. The second kappa shape index (κ2) is 5.72. The Morgan fingerprint density at radius 3 is 2.81 bits per heavy atom. The zero-order valence-electron chi connectivity index (χ0n) is 12.0. The molecular weight excluding hydrogens is 266 g/mol. The van der Waals surface area contributed by atoms with Gasteiger partial charge in [-0.3, -0.25) is 4.79 Å². The average molecular weight is 285 g/mol. The summed E-state index contributed by atoms with van der Waals surface area (Å²) in [6, 6.07) is 7.16. The van der Waals surface area contributed by atoms with Crippen LogP contribution in [0.2, 0.25) is 0 Å². The molecule has 0 saturated heterocycles. The number of hydrogen-bond acceptors (Lipinski definition) is 3. The summed E-state index contributed by atoms with van der Waals surface area (Å²) in [6.45, 7) is 0.446. The van der Waals surface area contributed by atoms with Crippen molar-refractivity contribution in [1.82, 2.24) is 5.32 Å². The summed E-state index contributed by atoms with van der Waals surface area (Å²) < 4.78 is 4.70. The predicted molar refractivity (Wildman–Crippen MR) is 78.5 cm³/mol. The van der Waals surface area contributed by atoms with Gasteiger partial charge in [-0.25, -0.2) is 4.79 Å². The van der Waals surface area contributed by atoms with E-state index in [0.29, 0.717) is 23.9 Å². The van der Waals surface area contributed by atoms with Gasteiger partial charge in [0.2, 0.25) is 5.91 Å². The smallest absolute Gasteiger partial charge is 0.337 e. The standard InChI is InChI=1S/C17H19NO3/c1-21-17(20)14-4-2-3-12(8-14)10-18-16(19)15-9-11-5-6-13(15)7-11/h2-6,8,11,13,15H,7,9-10H2,1H3,(H,18,19). The average Bonchev–Trinajstić information content (AvgIpc) is 3.15. The van der Waals surface area contributed by atoms with Crippen LogP contribution >= 0.6 is 0 Å². The van der Waals surface area contributed by atoms with E-state index < -0.39 is 0 Å². The van der Waals surface area contributed by atoms with Crippen LogP contribution in [0.15, 0.2) is 36.4 Å². The normalized spacial score (nSPS) is 25.9. The van der Waals surface area contributed by atoms with Crippen molar-refractivity contribution in [3.05, 3.63) is 47.5 Å². The summed E-state index contributed by atoms with van der Waals surface area (Å²) >= 11 is 0. The van der Waals surface area contributed by atoms with Gasteiger partial charge in [-0.15, -0.1) is 0 Å². The fourth-order valence-electron chi connectivity index (χ4n) is 3.33. The van der Waals surface area contributed by atoms with E-state index in [1.165, 1.54) is 7.11 Å². The minimum Gasteiger partial charge on any atom is -0.465 e. The highest BCUT2D eigenvalue weighted by Crippen LogP contribution is 2.43. The van der Waals surface area contributed by atoms with Gasteiger partial charge in [0.05, 0.1) is 12.7 Å².